The molecule has 0 aliphatic carbocycles. The molecule has 1 N–H and O–H groups in total. The number of hydrogen-bond acceptors (Lipinski definition) is 2. The van der Waals surface area contributed by atoms with Gasteiger partial charge >= 0.3 is 0 Å². The Balaban J connectivity index is 2.22. The third kappa shape index (κ3) is 4.05. The van der Waals surface area contributed by atoms with Gasteiger partial charge in [-0.3, -0.25) is 0 Å². The molecule has 20 heavy (non-hydrogen) atoms. The summed E-state index contributed by atoms with van der Waals surface area (Å²) in [5, 5.41) is 3.33. The lowest BCUT2D eigenvalue weighted by atomic mass is 10.2. The number of halogens is 2. The summed E-state index contributed by atoms with van der Waals surface area (Å²) in [4.78, 5) is 1.24. The topological polar surface area (TPSA) is 12.0 Å². The number of nitrogens with one attached hydrogen (secondary N) is 1. The Hall–Kier alpha value is -1.39. The summed E-state index contributed by atoms with van der Waals surface area (Å²) in [6, 6.07) is 11.7. The van der Waals surface area contributed by atoms with Crippen LogP contribution in [-0.4, -0.2) is 6.04 Å². The average molecular weight is 293 g/mol. The molecule has 0 radical (unpaired) electrons. The van der Waals surface area contributed by atoms with Crippen molar-refractivity contribution in [3.63, 3.8) is 0 Å². The molecule has 2 aromatic carbocycles. The largest absolute Gasteiger partial charge is 0.310 e. The van der Waals surface area contributed by atoms with Crippen LogP contribution in [0.3, 0.4) is 0 Å². The third-order valence-corrected chi connectivity index (χ3v) is 3.94. The van der Waals surface area contributed by atoms with E-state index in [9.17, 15) is 8.78 Å². The Morgan fingerprint density at radius 1 is 1.05 bits per heavy atom. The molecular formula is C16H17F2NS. The monoisotopic (exact) mass is 293 g/mol. The summed E-state index contributed by atoms with van der Waals surface area (Å²) in [6.45, 7) is 4.85. The van der Waals surface area contributed by atoms with Crippen molar-refractivity contribution >= 4 is 11.8 Å². The molecule has 0 heterocycles. The summed E-state index contributed by atoms with van der Waals surface area (Å²) in [5.74, 6) is -0.824. The summed E-state index contributed by atoms with van der Waals surface area (Å²) in [6.07, 6.45) is 0. The zero-order valence-electron chi connectivity index (χ0n) is 11.5. The van der Waals surface area contributed by atoms with E-state index >= 15 is 0 Å². The van der Waals surface area contributed by atoms with E-state index in [2.05, 4.69) is 19.2 Å². The van der Waals surface area contributed by atoms with Gasteiger partial charge in [-0.1, -0.05) is 43.8 Å². The lowest BCUT2D eigenvalue weighted by molar-refractivity contribution is 0.576. The number of hydrogen-bond donors (Lipinski definition) is 1. The van der Waals surface area contributed by atoms with Gasteiger partial charge in [0.05, 0.1) is 4.90 Å². The van der Waals surface area contributed by atoms with E-state index in [4.69, 9.17) is 0 Å². The van der Waals surface area contributed by atoms with Crippen molar-refractivity contribution in [3.8, 4) is 0 Å². The van der Waals surface area contributed by atoms with Crippen molar-refractivity contribution in [1.82, 2.24) is 5.32 Å². The quantitative estimate of drug-likeness (QED) is 0.863. The first kappa shape index (κ1) is 15.0. The second-order valence-corrected chi connectivity index (χ2v) is 5.90. The second kappa shape index (κ2) is 6.86. The van der Waals surface area contributed by atoms with E-state index in [1.165, 1.54) is 17.8 Å². The van der Waals surface area contributed by atoms with Crippen molar-refractivity contribution < 1.29 is 8.78 Å². The molecule has 0 bridgehead atoms. The normalized spacial score (nSPS) is 11.1. The predicted octanol–water partition coefficient (Wildman–Crippen LogP) is 4.61. The molecule has 0 fully saturated rings. The summed E-state index contributed by atoms with van der Waals surface area (Å²) >= 11 is 1.25. The fraction of sp³-hybridized carbons (Fsp3) is 0.250. The van der Waals surface area contributed by atoms with Crippen LogP contribution in [0.5, 0.6) is 0 Å². The van der Waals surface area contributed by atoms with Gasteiger partial charge in [0.2, 0.25) is 0 Å². The maximum absolute atomic E-state index is 13.7. The van der Waals surface area contributed by atoms with Crippen LogP contribution in [0.25, 0.3) is 0 Å². The molecule has 2 rings (SSSR count). The van der Waals surface area contributed by atoms with Gasteiger partial charge in [0.15, 0.2) is 0 Å². The minimum absolute atomic E-state index is 0.307. The van der Waals surface area contributed by atoms with Gasteiger partial charge in [-0.15, -0.1) is 0 Å². The molecule has 0 spiro atoms. The van der Waals surface area contributed by atoms with Crippen molar-refractivity contribution in [3.05, 3.63) is 59.7 Å². The molecule has 0 saturated heterocycles. The highest BCUT2D eigenvalue weighted by Gasteiger charge is 2.09. The van der Waals surface area contributed by atoms with Gasteiger partial charge in [0, 0.05) is 17.5 Å². The molecule has 2 aromatic rings. The lowest BCUT2D eigenvalue weighted by Crippen LogP contribution is -2.22. The molecule has 0 aliphatic heterocycles. The van der Waals surface area contributed by atoms with Crippen LogP contribution in [-0.2, 0) is 6.54 Å². The first-order valence-electron chi connectivity index (χ1n) is 6.50. The Morgan fingerprint density at radius 2 is 1.80 bits per heavy atom. The molecular weight excluding hydrogens is 276 g/mol. The Morgan fingerprint density at radius 3 is 2.55 bits per heavy atom. The standard InChI is InChI=1S/C16H17F2NS/c1-11(2)19-10-12-5-3-4-6-15(12)20-16-9-13(17)7-8-14(16)18/h3-9,11,19H,10H2,1-2H3. The van der Waals surface area contributed by atoms with Crippen molar-refractivity contribution in [2.24, 2.45) is 0 Å². The molecule has 0 atom stereocenters. The summed E-state index contributed by atoms with van der Waals surface area (Å²) < 4.78 is 26.9. The minimum atomic E-state index is -0.424. The molecule has 0 saturated carbocycles. The zero-order valence-corrected chi connectivity index (χ0v) is 12.3. The smallest absolute Gasteiger partial charge is 0.137 e. The van der Waals surface area contributed by atoms with Gasteiger partial charge < -0.3 is 5.32 Å². The first-order valence-corrected chi connectivity index (χ1v) is 7.32. The number of rotatable bonds is 5. The van der Waals surface area contributed by atoms with E-state index in [1.54, 1.807) is 0 Å². The second-order valence-electron chi connectivity index (χ2n) is 4.82. The van der Waals surface area contributed by atoms with Crippen LogP contribution in [0, 0.1) is 11.6 Å². The third-order valence-electron chi connectivity index (χ3n) is 2.79. The van der Waals surface area contributed by atoms with Crippen LogP contribution >= 0.6 is 11.8 Å². The molecule has 0 aromatic heterocycles. The van der Waals surface area contributed by atoms with Crippen molar-refractivity contribution in [2.45, 2.75) is 36.2 Å². The first-order chi connectivity index (χ1) is 9.56. The van der Waals surface area contributed by atoms with E-state index < -0.39 is 11.6 Å². The summed E-state index contributed by atoms with van der Waals surface area (Å²) in [7, 11) is 0. The fourth-order valence-corrected chi connectivity index (χ4v) is 2.73. The number of benzene rings is 2. The molecule has 1 nitrogen and oxygen atoms in total. The van der Waals surface area contributed by atoms with Gasteiger partial charge in [0.25, 0.3) is 0 Å². The fourth-order valence-electron chi connectivity index (χ4n) is 1.74. The van der Waals surface area contributed by atoms with Crippen LogP contribution in [0.2, 0.25) is 0 Å². The highest BCUT2D eigenvalue weighted by molar-refractivity contribution is 7.99. The maximum Gasteiger partial charge on any atom is 0.137 e. The van der Waals surface area contributed by atoms with Crippen molar-refractivity contribution in [2.75, 3.05) is 0 Å². The van der Waals surface area contributed by atoms with Crippen LogP contribution in [0.15, 0.2) is 52.3 Å². The Bertz CT molecular complexity index is 584. The maximum atomic E-state index is 13.7. The zero-order chi connectivity index (χ0) is 14.5. The molecule has 4 heteroatoms. The van der Waals surface area contributed by atoms with E-state index in [-0.39, 0.29) is 0 Å². The Labute approximate surface area is 122 Å². The van der Waals surface area contributed by atoms with Crippen LogP contribution < -0.4 is 5.32 Å². The molecule has 0 unspecified atom stereocenters. The Kier molecular flexibility index (Phi) is 5.15. The van der Waals surface area contributed by atoms with E-state index in [0.717, 1.165) is 22.6 Å². The predicted molar refractivity (Wildman–Crippen MR) is 78.9 cm³/mol. The lowest BCUT2D eigenvalue weighted by Gasteiger charge is -2.12. The van der Waals surface area contributed by atoms with E-state index in [1.807, 2.05) is 24.3 Å². The van der Waals surface area contributed by atoms with E-state index in [0.29, 0.717) is 17.5 Å². The highest BCUT2D eigenvalue weighted by Crippen LogP contribution is 2.32. The highest BCUT2D eigenvalue weighted by atomic mass is 32.2. The molecule has 0 amide bonds. The van der Waals surface area contributed by atoms with Crippen molar-refractivity contribution in [1.29, 1.82) is 0 Å². The minimum Gasteiger partial charge on any atom is -0.310 e. The van der Waals surface area contributed by atoms with Gasteiger partial charge in [-0.25, -0.2) is 8.78 Å². The SMILES string of the molecule is CC(C)NCc1ccccc1Sc1cc(F)ccc1F. The molecule has 0 aliphatic rings. The van der Waals surface area contributed by atoms with Gasteiger partial charge in [-0.2, -0.15) is 0 Å². The van der Waals surface area contributed by atoms with Gasteiger partial charge in [-0.05, 0) is 29.8 Å². The molecule has 106 valence electrons. The van der Waals surface area contributed by atoms with Crippen LogP contribution in [0.1, 0.15) is 19.4 Å². The average Bonchev–Trinajstić information content (AvgIpc) is 2.42. The van der Waals surface area contributed by atoms with Gasteiger partial charge in [0.1, 0.15) is 11.6 Å². The summed E-state index contributed by atoms with van der Waals surface area (Å²) in [5.41, 5.74) is 1.08. The van der Waals surface area contributed by atoms with Crippen LogP contribution in [0.4, 0.5) is 8.78 Å².